The van der Waals surface area contributed by atoms with E-state index in [4.69, 9.17) is 10.2 Å². The Bertz CT molecular complexity index is 579. The molecule has 0 bridgehead atoms. The van der Waals surface area contributed by atoms with Crippen LogP contribution in [0.15, 0.2) is 52.7 Å². The minimum absolute atomic E-state index is 0.695. The van der Waals surface area contributed by atoms with E-state index in [9.17, 15) is 0 Å². The standard InChI is InChI=1S/C16H18N2O/c17-15-9-2-1-8-14(15)16(12-5-3-6-12)18-11-13-7-4-10-19-13/h1-2,4,7-10,18H,3,5-6,11,17H2. The molecule has 1 fully saturated rings. The molecule has 19 heavy (non-hydrogen) atoms. The monoisotopic (exact) mass is 254 g/mol. The molecule has 0 aliphatic heterocycles. The van der Waals surface area contributed by atoms with Gasteiger partial charge in [0.25, 0.3) is 0 Å². The highest BCUT2D eigenvalue weighted by atomic mass is 16.3. The number of anilines is 1. The summed E-state index contributed by atoms with van der Waals surface area (Å²) in [6.45, 7) is 0.695. The molecule has 0 atom stereocenters. The third kappa shape index (κ3) is 2.50. The second-order valence-corrected chi connectivity index (χ2v) is 4.85. The molecule has 0 unspecified atom stereocenters. The Kier molecular flexibility index (Phi) is 3.27. The fraction of sp³-hybridized carbons (Fsp3) is 0.250. The summed E-state index contributed by atoms with van der Waals surface area (Å²) in [6, 6.07) is 11.9. The average Bonchev–Trinajstić information content (AvgIpc) is 2.86. The second kappa shape index (κ2) is 5.22. The quantitative estimate of drug-likeness (QED) is 0.820. The van der Waals surface area contributed by atoms with Crippen molar-refractivity contribution in [3.63, 3.8) is 0 Å². The van der Waals surface area contributed by atoms with Crippen LogP contribution in [0.3, 0.4) is 0 Å². The molecule has 1 aliphatic rings. The summed E-state index contributed by atoms with van der Waals surface area (Å²) in [4.78, 5) is 0. The number of hydrogen-bond donors (Lipinski definition) is 2. The van der Waals surface area contributed by atoms with Crippen molar-refractivity contribution in [2.45, 2.75) is 25.8 Å². The van der Waals surface area contributed by atoms with E-state index in [-0.39, 0.29) is 0 Å². The minimum atomic E-state index is 0.695. The van der Waals surface area contributed by atoms with Crippen LogP contribution >= 0.6 is 0 Å². The molecular weight excluding hydrogens is 236 g/mol. The lowest BCUT2D eigenvalue weighted by molar-refractivity contribution is 0.500. The normalized spacial score (nSPS) is 14.0. The van der Waals surface area contributed by atoms with Crippen LogP contribution in [0.5, 0.6) is 0 Å². The summed E-state index contributed by atoms with van der Waals surface area (Å²) >= 11 is 0. The first-order valence-electron chi connectivity index (χ1n) is 6.68. The van der Waals surface area contributed by atoms with Crippen LogP contribution in [-0.4, -0.2) is 0 Å². The van der Waals surface area contributed by atoms with Crippen LogP contribution in [-0.2, 0) is 6.54 Å². The Labute approximate surface area is 113 Å². The Morgan fingerprint density at radius 3 is 2.63 bits per heavy atom. The van der Waals surface area contributed by atoms with Gasteiger partial charge in [0.1, 0.15) is 5.76 Å². The first-order valence-corrected chi connectivity index (χ1v) is 6.68. The molecule has 1 aliphatic carbocycles. The number of furan rings is 1. The summed E-state index contributed by atoms with van der Waals surface area (Å²) < 4.78 is 5.37. The molecule has 0 spiro atoms. The number of para-hydroxylation sites is 1. The van der Waals surface area contributed by atoms with Crippen LogP contribution < -0.4 is 11.1 Å². The Hall–Kier alpha value is -2.16. The molecule has 3 nitrogen and oxygen atoms in total. The van der Waals surface area contributed by atoms with Crippen molar-refractivity contribution in [3.8, 4) is 0 Å². The maximum Gasteiger partial charge on any atom is 0.122 e. The van der Waals surface area contributed by atoms with E-state index in [2.05, 4.69) is 11.4 Å². The fourth-order valence-electron chi connectivity index (χ4n) is 2.33. The first kappa shape index (κ1) is 11.9. The van der Waals surface area contributed by atoms with Gasteiger partial charge >= 0.3 is 0 Å². The van der Waals surface area contributed by atoms with Gasteiger partial charge in [0, 0.05) is 16.9 Å². The molecule has 0 radical (unpaired) electrons. The van der Waals surface area contributed by atoms with Gasteiger partial charge in [-0.05, 0) is 43.0 Å². The molecule has 3 rings (SSSR count). The van der Waals surface area contributed by atoms with Crippen LogP contribution in [0.1, 0.15) is 30.6 Å². The minimum Gasteiger partial charge on any atom is -0.467 e. The fourth-order valence-corrected chi connectivity index (χ4v) is 2.33. The SMILES string of the molecule is Nc1ccccc1C(NCc1ccco1)=C1CCC1. The van der Waals surface area contributed by atoms with E-state index in [0.29, 0.717) is 6.54 Å². The number of benzene rings is 1. The maximum atomic E-state index is 6.09. The van der Waals surface area contributed by atoms with Gasteiger partial charge in [0.05, 0.1) is 12.8 Å². The van der Waals surface area contributed by atoms with Gasteiger partial charge in [-0.3, -0.25) is 0 Å². The molecule has 1 aromatic carbocycles. The number of rotatable bonds is 4. The molecular formula is C16H18N2O. The van der Waals surface area contributed by atoms with Gasteiger partial charge < -0.3 is 15.5 Å². The number of nitrogen functional groups attached to an aromatic ring is 1. The predicted molar refractivity (Wildman–Crippen MR) is 77.2 cm³/mol. The lowest BCUT2D eigenvalue weighted by Gasteiger charge is -2.24. The third-order valence-corrected chi connectivity index (χ3v) is 3.56. The average molecular weight is 254 g/mol. The predicted octanol–water partition coefficient (Wildman–Crippen LogP) is 3.55. The van der Waals surface area contributed by atoms with Crippen LogP contribution in [0.25, 0.3) is 5.70 Å². The van der Waals surface area contributed by atoms with Crippen LogP contribution in [0.4, 0.5) is 5.69 Å². The molecule has 98 valence electrons. The van der Waals surface area contributed by atoms with Gasteiger partial charge in [-0.2, -0.15) is 0 Å². The van der Waals surface area contributed by atoms with Crippen LogP contribution in [0.2, 0.25) is 0 Å². The summed E-state index contributed by atoms with van der Waals surface area (Å²) in [5.74, 6) is 0.937. The summed E-state index contributed by atoms with van der Waals surface area (Å²) in [5, 5.41) is 3.49. The van der Waals surface area contributed by atoms with Gasteiger partial charge in [-0.1, -0.05) is 18.2 Å². The summed E-state index contributed by atoms with van der Waals surface area (Å²) in [5.41, 5.74) is 10.7. The molecule has 1 heterocycles. The van der Waals surface area contributed by atoms with Crippen molar-refractivity contribution in [2.24, 2.45) is 0 Å². The van der Waals surface area contributed by atoms with Gasteiger partial charge in [0.2, 0.25) is 0 Å². The highest BCUT2D eigenvalue weighted by Gasteiger charge is 2.17. The Morgan fingerprint density at radius 1 is 1.16 bits per heavy atom. The lowest BCUT2D eigenvalue weighted by atomic mass is 9.88. The maximum absolute atomic E-state index is 6.09. The van der Waals surface area contributed by atoms with E-state index in [1.807, 2.05) is 30.3 Å². The third-order valence-electron chi connectivity index (χ3n) is 3.56. The highest BCUT2D eigenvalue weighted by Crippen LogP contribution is 2.34. The van der Waals surface area contributed by atoms with Crippen molar-refractivity contribution in [1.29, 1.82) is 0 Å². The van der Waals surface area contributed by atoms with Crippen molar-refractivity contribution >= 4 is 11.4 Å². The smallest absolute Gasteiger partial charge is 0.122 e. The van der Waals surface area contributed by atoms with Crippen molar-refractivity contribution in [1.82, 2.24) is 5.32 Å². The zero-order valence-corrected chi connectivity index (χ0v) is 10.9. The molecule has 0 amide bonds. The lowest BCUT2D eigenvalue weighted by Crippen LogP contribution is -2.17. The molecule has 1 aromatic heterocycles. The summed E-state index contributed by atoms with van der Waals surface area (Å²) in [7, 11) is 0. The van der Waals surface area contributed by atoms with Crippen molar-refractivity contribution < 1.29 is 4.42 Å². The Morgan fingerprint density at radius 2 is 2.00 bits per heavy atom. The van der Waals surface area contributed by atoms with Gasteiger partial charge in [-0.25, -0.2) is 0 Å². The first-order chi connectivity index (χ1) is 9.34. The topological polar surface area (TPSA) is 51.2 Å². The highest BCUT2D eigenvalue weighted by molar-refractivity contribution is 5.76. The van der Waals surface area contributed by atoms with Gasteiger partial charge in [0.15, 0.2) is 0 Å². The van der Waals surface area contributed by atoms with Crippen molar-refractivity contribution in [2.75, 3.05) is 5.73 Å². The largest absolute Gasteiger partial charge is 0.467 e. The van der Waals surface area contributed by atoms with E-state index in [1.54, 1.807) is 6.26 Å². The van der Waals surface area contributed by atoms with E-state index >= 15 is 0 Å². The molecule has 2 aromatic rings. The zero-order valence-electron chi connectivity index (χ0n) is 10.9. The summed E-state index contributed by atoms with van der Waals surface area (Å²) in [6.07, 6.45) is 5.29. The molecule has 1 saturated carbocycles. The zero-order chi connectivity index (χ0) is 13.1. The number of nitrogens with one attached hydrogen (secondary N) is 1. The second-order valence-electron chi connectivity index (χ2n) is 4.85. The molecule has 0 saturated heterocycles. The van der Waals surface area contributed by atoms with Crippen LogP contribution in [0, 0.1) is 0 Å². The van der Waals surface area contributed by atoms with E-state index < -0.39 is 0 Å². The Balaban J connectivity index is 1.85. The molecule has 3 N–H and O–H groups in total. The van der Waals surface area contributed by atoms with E-state index in [1.165, 1.54) is 17.7 Å². The van der Waals surface area contributed by atoms with Crippen molar-refractivity contribution in [3.05, 3.63) is 59.6 Å². The number of nitrogens with two attached hydrogens (primary N) is 1. The van der Waals surface area contributed by atoms with Gasteiger partial charge in [-0.15, -0.1) is 0 Å². The number of allylic oxidation sites excluding steroid dienone is 1. The number of hydrogen-bond acceptors (Lipinski definition) is 3. The van der Waals surface area contributed by atoms with E-state index in [0.717, 1.165) is 29.9 Å². The molecule has 3 heteroatoms.